The number of nitrogens with one attached hydrogen (secondary N) is 1. The molecule has 13 nitrogen and oxygen atoms in total. The van der Waals surface area contributed by atoms with Gasteiger partial charge < -0.3 is 33.8 Å². The van der Waals surface area contributed by atoms with Crippen molar-refractivity contribution in [3.63, 3.8) is 0 Å². The maximum absolute atomic E-state index is 12.1. The first-order chi connectivity index (χ1) is 19.0. The zero-order chi connectivity index (χ0) is 30.1. The zero-order valence-electron chi connectivity index (χ0n) is 22.2. The second kappa shape index (κ2) is 17.7. The molecule has 1 aromatic carbocycles. The Labute approximate surface area is 230 Å². The lowest BCUT2D eigenvalue weighted by Crippen LogP contribution is -2.22. The molecule has 0 fully saturated rings. The highest BCUT2D eigenvalue weighted by Crippen LogP contribution is 2.24. The fourth-order valence-electron chi connectivity index (χ4n) is 2.69. The van der Waals surface area contributed by atoms with Gasteiger partial charge in [-0.3, -0.25) is 19.2 Å². The van der Waals surface area contributed by atoms with Gasteiger partial charge in [0.15, 0.2) is 0 Å². The van der Waals surface area contributed by atoms with Crippen molar-refractivity contribution in [3.8, 4) is 11.5 Å². The topological polar surface area (TPSA) is 182 Å². The number of hydrogen-bond donors (Lipinski definition) is 1. The summed E-state index contributed by atoms with van der Waals surface area (Å²) in [4.78, 5) is 70.0. The Balaban J connectivity index is 2.48. The first kappa shape index (κ1) is 33.2. The third-order valence-corrected chi connectivity index (χ3v) is 4.58. The maximum Gasteiger partial charge on any atom is 0.330 e. The fraction of sp³-hybridized carbons (Fsp3) is 0.370. The Hall–Kier alpha value is -4.81. The molecule has 0 saturated heterocycles. The number of hydrogen-bond acceptors (Lipinski definition) is 13. The normalized spacial score (nSPS) is 11.6. The molecule has 40 heavy (non-hydrogen) atoms. The molecule has 2 unspecified atom stereocenters. The minimum atomic E-state index is -0.775. The number of ether oxygens (including phenoxy) is 6. The zero-order valence-corrected chi connectivity index (χ0v) is 22.2. The van der Waals surface area contributed by atoms with Crippen LogP contribution < -0.4 is 9.47 Å². The number of rotatable bonds is 17. The fourth-order valence-corrected chi connectivity index (χ4v) is 2.69. The maximum atomic E-state index is 12.1. The monoisotopic (exact) mass is 561 g/mol. The van der Waals surface area contributed by atoms with E-state index in [1.807, 2.05) is 0 Å². The molecule has 0 aliphatic rings. The Morgan fingerprint density at radius 3 is 1.65 bits per heavy atom. The Bertz CT molecular complexity index is 1130. The first-order valence-electron chi connectivity index (χ1n) is 12.0. The molecule has 216 valence electrons. The van der Waals surface area contributed by atoms with Crippen LogP contribution in [-0.2, 0) is 47.7 Å². The van der Waals surface area contributed by atoms with E-state index in [1.54, 1.807) is 0 Å². The number of benzene rings is 1. The molecule has 0 radical (unpaired) electrons. The van der Waals surface area contributed by atoms with Crippen LogP contribution in [0, 0.1) is 5.41 Å². The van der Waals surface area contributed by atoms with Gasteiger partial charge in [0.25, 0.3) is 0 Å². The minimum Gasteiger partial charge on any atom is -0.462 e. The van der Waals surface area contributed by atoms with E-state index in [9.17, 15) is 28.8 Å². The lowest BCUT2D eigenvalue weighted by Gasteiger charge is -2.12. The van der Waals surface area contributed by atoms with Gasteiger partial charge in [0.05, 0.1) is 25.7 Å². The van der Waals surface area contributed by atoms with E-state index < -0.39 is 48.0 Å². The number of carbonyl (C=O) groups is 6. The molecule has 2 atom stereocenters. The largest absolute Gasteiger partial charge is 0.462 e. The summed E-state index contributed by atoms with van der Waals surface area (Å²) in [5, 5.41) is 7.54. The molecule has 0 amide bonds. The Kier molecular flexibility index (Phi) is 14.7. The summed E-state index contributed by atoms with van der Waals surface area (Å²) in [7, 11) is 0. The molecule has 0 spiro atoms. The van der Waals surface area contributed by atoms with Gasteiger partial charge >= 0.3 is 35.8 Å². The lowest BCUT2D eigenvalue weighted by atomic mass is 10.2. The quantitative estimate of drug-likeness (QED) is 0.0965. The van der Waals surface area contributed by atoms with Gasteiger partial charge in [-0.05, 0) is 32.0 Å². The van der Waals surface area contributed by atoms with E-state index >= 15 is 0 Å². The van der Waals surface area contributed by atoms with Crippen LogP contribution in [-0.4, -0.2) is 67.5 Å². The van der Waals surface area contributed by atoms with Crippen molar-refractivity contribution in [2.75, 3.05) is 13.2 Å². The number of esters is 6. The summed E-state index contributed by atoms with van der Waals surface area (Å²) < 4.78 is 29.9. The van der Waals surface area contributed by atoms with Gasteiger partial charge in [-0.15, -0.1) is 0 Å². The van der Waals surface area contributed by atoms with Crippen LogP contribution in [0.15, 0.2) is 43.5 Å². The standard InChI is InChI=1S/C27H31NO12/c1-5-22(29)37-17(3)15-35-24(31)9-11-26(33)39-20-7-8-21(19(13-20)14-28)40-27(34)12-10-25(32)36-16-18(4)38-23(30)6-2/h5-8,13-14,17-18,28H,1-2,9-12,15-16H2,3-4H3. The molecule has 1 aromatic rings. The smallest absolute Gasteiger partial charge is 0.330 e. The predicted molar refractivity (Wildman–Crippen MR) is 137 cm³/mol. The van der Waals surface area contributed by atoms with Crippen molar-refractivity contribution in [2.24, 2.45) is 0 Å². The van der Waals surface area contributed by atoms with Crippen molar-refractivity contribution in [1.29, 1.82) is 5.41 Å². The van der Waals surface area contributed by atoms with Crippen molar-refractivity contribution in [3.05, 3.63) is 49.1 Å². The van der Waals surface area contributed by atoms with E-state index in [-0.39, 0.29) is 56.0 Å². The molecular formula is C27H31NO12. The van der Waals surface area contributed by atoms with Gasteiger partial charge in [0.2, 0.25) is 0 Å². The van der Waals surface area contributed by atoms with Crippen LogP contribution in [0.3, 0.4) is 0 Å². The third-order valence-electron chi connectivity index (χ3n) is 4.58. The summed E-state index contributed by atoms with van der Waals surface area (Å²) in [5.41, 5.74) is 0.113. The highest BCUT2D eigenvalue weighted by atomic mass is 16.6. The van der Waals surface area contributed by atoms with Crippen LogP contribution in [0.25, 0.3) is 0 Å². The predicted octanol–water partition coefficient (Wildman–Crippen LogP) is 2.38. The molecule has 0 aliphatic carbocycles. The van der Waals surface area contributed by atoms with Crippen molar-refractivity contribution in [1.82, 2.24) is 0 Å². The summed E-state index contributed by atoms with van der Waals surface area (Å²) in [5.74, 6) is -4.22. The molecule has 0 aromatic heterocycles. The van der Waals surface area contributed by atoms with E-state index in [1.165, 1.54) is 32.0 Å². The number of carbonyl (C=O) groups excluding carboxylic acids is 6. The molecule has 0 bridgehead atoms. The summed E-state index contributed by atoms with van der Waals surface area (Å²) >= 11 is 0. The van der Waals surface area contributed by atoms with Crippen molar-refractivity contribution < 1.29 is 57.2 Å². The summed E-state index contributed by atoms with van der Waals surface area (Å²) in [6, 6.07) is 3.90. The third kappa shape index (κ3) is 13.7. The minimum absolute atomic E-state index is 0.00650. The van der Waals surface area contributed by atoms with Gasteiger partial charge in [-0.2, -0.15) is 0 Å². The van der Waals surface area contributed by atoms with Crippen LogP contribution in [0.1, 0.15) is 45.1 Å². The van der Waals surface area contributed by atoms with E-state index in [2.05, 4.69) is 13.2 Å². The lowest BCUT2D eigenvalue weighted by molar-refractivity contribution is -0.155. The Morgan fingerprint density at radius 2 is 1.20 bits per heavy atom. The second-order valence-corrected chi connectivity index (χ2v) is 8.06. The second-order valence-electron chi connectivity index (χ2n) is 8.06. The summed E-state index contributed by atoms with van der Waals surface area (Å²) in [6.45, 7) is 9.17. The average molecular weight is 562 g/mol. The highest BCUT2D eigenvalue weighted by molar-refractivity contribution is 5.86. The average Bonchev–Trinajstić information content (AvgIpc) is 2.93. The van der Waals surface area contributed by atoms with Crippen LogP contribution in [0.4, 0.5) is 0 Å². The van der Waals surface area contributed by atoms with E-state index in [0.717, 1.165) is 18.4 Å². The molecule has 0 aliphatic heterocycles. The van der Waals surface area contributed by atoms with Gasteiger partial charge in [0, 0.05) is 23.9 Å². The van der Waals surface area contributed by atoms with Crippen LogP contribution in [0.2, 0.25) is 0 Å². The van der Waals surface area contributed by atoms with Gasteiger partial charge in [0.1, 0.15) is 36.9 Å². The SMILES string of the molecule is C=CC(=O)OC(C)COC(=O)CCC(=O)Oc1ccc(OC(=O)CCC(=O)OCC(C)OC(=O)C=C)c(C=N)c1. The molecule has 0 saturated carbocycles. The first-order valence-corrected chi connectivity index (χ1v) is 12.0. The molecular weight excluding hydrogens is 530 g/mol. The molecule has 0 heterocycles. The van der Waals surface area contributed by atoms with E-state index in [0.29, 0.717) is 0 Å². The van der Waals surface area contributed by atoms with Crippen LogP contribution in [0.5, 0.6) is 11.5 Å². The van der Waals surface area contributed by atoms with Gasteiger partial charge in [-0.25, -0.2) is 9.59 Å². The highest BCUT2D eigenvalue weighted by Gasteiger charge is 2.17. The molecule has 13 heteroatoms. The summed E-state index contributed by atoms with van der Waals surface area (Å²) in [6.07, 6.45) is 0.246. The van der Waals surface area contributed by atoms with Crippen molar-refractivity contribution >= 4 is 42.0 Å². The van der Waals surface area contributed by atoms with E-state index in [4.69, 9.17) is 33.8 Å². The Morgan fingerprint density at radius 1 is 0.750 bits per heavy atom. The molecule has 1 N–H and O–H groups in total. The van der Waals surface area contributed by atoms with Crippen LogP contribution >= 0.6 is 0 Å². The van der Waals surface area contributed by atoms with Crippen molar-refractivity contribution in [2.45, 2.75) is 51.7 Å². The molecule has 1 rings (SSSR count). The van der Waals surface area contributed by atoms with Gasteiger partial charge in [-0.1, -0.05) is 13.2 Å².